The van der Waals surface area contributed by atoms with Crippen molar-refractivity contribution >= 4 is 17.4 Å². The summed E-state index contributed by atoms with van der Waals surface area (Å²) in [6.07, 6.45) is 0. The van der Waals surface area contributed by atoms with Crippen molar-refractivity contribution in [2.24, 2.45) is 7.05 Å². The lowest BCUT2D eigenvalue weighted by atomic mass is 10.7. The lowest BCUT2D eigenvalue weighted by Crippen LogP contribution is -1.99. The van der Waals surface area contributed by atoms with Crippen LogP contribution in [0.15, 0.2) is 0 Å². The highest BCUT2D eigenvalue weighted by atomic mass is 35.5. The van der Waals surface area contributed by atoms with Gasteiger partial charge in [-0.3, -0.25) is 0 Å². The van der Waals surface area contributed by atoms with Crippen LogP contribution in [0.5, 0.6) is 0 Å². The molecule has 0 aliphatic rings. The molecule has 12 heavy (non-hydrogen) atoms. The first-order valence-electron chi connectivity index (χ1n) is 2.84. The van der Waals surface area contributed by atoms with Crippen molar-refractivity contribution in [1.29, 1.82) is 5.26 Å². The quantitative estimate of drug-likeness (QED) is 0.481. The van der Waals surface area contributed by atoms with Gasteiger partial charge < -0.3 is 10.1 Å². The van der Waals surface area contributed by atoms with Crippen LogP contribution in [0.1, 0.15) is 5.82 Å². The second kappa shape index (κ2) is 2.79. The number of hydrogen-bond acceptors (Lipinski definition) is 4. The summed E-state index contributed by atoms with van der Waals surface area (Å²) in [6, 6.07) is 1.67. The molecule has 0 N–H and O–H groups in total. The Labute approximate surface area is 72.1 Å². The van der Waals surface area contributed by atoms with Gasteiger partial charge in [0.1, 0.15) is 0 Å². The van der Waals surface area contributed by atoms with Crippen molar-refractivity contribution in [2.45, 2.75) is 0 Å². The molecule has 6 nitrogen and oxygen atoms in total. The predicted octanol–water partition coefficient (Wildman–Crippen LogP) is 0.853. The van der Waals surface area contributed by atoms with Crippen LogP contribution in [-0.4, -0.2) is 14.5 Å². The summed E-state index contributed by atoms with van der Waals surface area (Å²) >= 11 is 5.40. The molecular formula is C5H3ClN4O2. The zero-order valence-corrected chi connectivity index (χ0v) is 6.74. The summed E-state index contributed by atoms with van der Waals surface area (Å²) in [5.74, 6) is -0.445. The van der Waals surface area contributed by atoms with E-state index in [-0.39, 0.29) is 16.8 Å². The van der Waals surface area contributed by atoms with Gasteiger partial charge in [-0.2, -0.15) is 14.8 Å². The molecule has 1 aromatic rings. The Morgan fingerprint density at radius 3 is 2.67 bits per heavy atom. The standard InChI is InChI=1S/C5H3ClN4O2/c1-9-3(2-7)8-4(6)5(9)10(11)12/h1H3. The monoisotopic (exact) mass is 186 g/mol. The first-order chi connectivity index (χ1) is 5.57. The van der Waals surface area contributed by atoms with Gasteiger partial charge in [0.2, 0.25) is 5.15 Å². The van der Waals surface area contributed by atoms with E-state index >= 15 is 0 Å². The minimum absolute atomic E-state index is 0.0771. The fraction of sp³-hybridized carbons (Fsp3) is 0.200. The summed E-state index contributed by atoms with van der Waals surface area (Å²) in [5.41, 5.74) is 0. The highest BCUT2D eigenvalue weighted by molar-refractivity contribution is 6.31. The minimum atomic E-state index is -0.684. The van der Waals surface area contributed by atoms with Gasteiger partial charge in [-0.25, -0.2) is 0 Å². The molecule has 1 rings (SSSR count). The largest absolute Gasteiger partial charge is 0.362 e. The van der Waals surface area contributed by atoms with Crippen molar-refractivity contribution in [1.82, 2.24) is 9.55 Å². The van der Waals surface area contributed by atoms with Gasteiger partial charge in [-0.1, -0.05) is 11.6 Å². The van der Waals surface area contributed by atoms with E-state index in [2.05, 4.69) is 4.98 Å². The third-order valence-electron chi connectivity index (χ3n) is 1.30. The molecule has 1 aromatic heterocycles. The fourth-order valence-corrected chi connectivity index (χ4v) is 1.03. The van der Waals surface area contributed by atoms with E-state index in [1.54, 1.807) is 6.07 Å². The Hall–Kier alpha value is -1.61. The average molecular weight is 187 g/mol. The summed E-state index contributed by atoms with van der Waals surface area (Å²) < 4.78 is 1.03. The normalized spacial score (nSPS) is 9.42. The van der Waals surface area contributed by atoms with Gasteiger partial charge in [-0.05, 0) is 4.92 Å². The van der Waals surface area contributed by atoms with E-state index in [1.807, 2.05) is 0 Å². The smallest absolute Gasteiger partial charge is 0.358 e. The zero-order chi connectivity index (χ0) is 9.30. The van der Waals surface area contributed by atoms with Crippen LogP contribution in [0, 0.1) is 21.4 Å². The lowest BCUT2D eigenvalue weighted by molar-refractivity contribution is -0.391. The molecule has 1 heterocycles. The Morgan fingerprint density at radius 1 is 1.83 bits per heavy atom. The molecule has 0 bridgehead atoms. The molecule has 0 spiro atoms. The highest BCUT2D eigenvalue weighted by Gasteiger charge is 2.22. The second-order valence-electron chi connectivity index (χ2n) is 1.98. The van der Waals surface area contributed by atoms with E-state index in [4.69, 9.17) is 16.9 Å². The van der Waals surface area contributed by atoms with E-state index in [9.17, 15) is 10.1 Å². The third-order valence-corrected chi connectivity index (χ3v) is 1.55. The third kappa shape index (κ3) is 1.10. The van der Waals surface area contributed by atoms with Crippen molar-refractivity contribution < 1.29 is 4.92 Å². The maximum absolute atomic E-state index is 10.3. The van der Waals surface area contributed by atoms with Crippen LogP contribution >= 0.6 is 11.6 Å². The van der Waals surface area contributed by atoms with Gasteiger partial charge >= 0.3 is 11.6 Å². The second-order valence-corrected chi connectivity index (χ2v) is 2.34. The van der Waals surface area contributed by atoms with E-state index in [0.717, 1.165) is 4.57 Å². The first-order valence-corrected chi connectivity index (χ1v) is 3.22. The number of aromatic nitrogens is 2. The summed E-state index contributed by atoms with van der Waals surface area (Å²) in [6.45, 7) is 0. The number of imidazole rings is 1. The van der Waals surface area contributed by atoms with Crippen LogP contribution in [0.2, 0.25) is 5.15 Å². The topological polar surface area (TPSA) is 84.8 Å². The van der Waals surface area contributed by atoms with Gasteiger partial charge in [0.15, 0.2) is 6.07 Å². The molecule has 0 saturated heterocycles. The van der Waals surface area contributed by atoms with Crippen LogP contribution < -0.4 is 0 Å². The molecule has 0 unspecified atom stereocenters. The van der Waals surface area contributed by atoms with Gasteiger partial charge in [0, 0.05) is 0 Å². The Balaban J connectivity index is 3.40. The number of hydrogen-bond donors (Lipinski definition) is 0. The Kier molecular flexibility index (Phi) is 1.97. The molecule has 0 aromatic carbocycles. The lowest BCUT2D eigenvalue weighted by Gasteiger charge is -1.92. The van der Waals surface area contributed by atoms with Crippen LogP contribution in [-0.2, 0) is 7.05 Å². The molecular weight excluding hydrogens is 184 g/mol. The SMILES string of the molecule is Cn1c(C#N)nc(Cl)c1[N+](=O)[O-]. The maximum atomic E-state index is 10.3. The molecule has 62 valence electrons. The van der Waals surface area contributed by atoms with Crippen molar-refractivity contribution in [3.05, 3.63) is 21.1 Å². The summed E-state index contributed by atoms with van der Waals surface area (Å²) in [4.78, 5) is 13.1. The summed E-state index contributed by atoms with van der Waals surface area (Å²) in [7, 11) is 1.36. The number of nitro groups is 1. The molecule has 0 fully saturated rings. The van der Waals surface area contributed by atoms with Gasteiger partial charge in [0.25, 0.3) is 0 Å². The number of halogens is 1. The summed E-state index contributed by atoms with van der Waals surface area (Å²) in [5, 5.41) is 18.5. The molecule has 0 amide bonds. The maximum Gasteiger partial charge on any atom is 0.362 e. The highest BCUT2D eigenvalue weighted by Crippen LogP contribution is 2.22. The van der Waals surface area contributed by atoms with Crippen molar-refractivity contribution in [3.63, 3.8) is 0 Å². The van der Waals surface area contributed by atoms with E-state index in [0.29, 0.717) is 0 Å². The average Bonchev–Trinajstić information content (AvgIpc) is 2.25. The Bertz CT molecular complexity index is 378. The minimum Gasteiger partial charge on any atom is -0.358 e. The molecule has 0 saturated carbocycles. The van der Waals surface area contributed by atoms with Crippen molar-refractivity contribution in [2.75, 3.05) is 0 Å². The fourth-order valence-electron chi connectivity index (χ4n) is 0.754. The molecule has 0 atom stereocenters. The van der Waals surface area contributed by atoms with Crippen molar-refractivity contribution in [3.8, 4) is 6.07 Å². The zero-order valence-electron chi connectivity index (χ0n) is 5.98. The number of rotatable bonds is 1. The van der Waals surface area contributed by atoms with Crippen LogP contribution in [0.4, 0.5) is 5.82 Å². The van der Waals surface area contributed by atoms with Gasteiger partial charge in [0.05, 0.1) is 7.05 Å². The van der Waals surface area contributed by atoms with E-state index < -0.39 is 4.92 Å². The molecule has 7 heteroatoms. The molecule has 0 radical (unpaired) electrons. The number of nitriles is 1. The van der Waals surface area contributed by atoms with Crippen LogP contribution in [0.25, 0.3) is 0 Å². The van der Waals surface area contributed by atoms with Gasteiger partial charge in [-0.15, -0.1) is 0 Å². The molecule has 0 aliphatic heterocycles. The molecule has 0 aliphatic carbocycles. The van der Waals surface area contributed by atoms with E-state index in [1.165, 1.54) is 7.05 Å². The predicted molar refractivity (Wildman–Crippen MR) is 39.6 cm³/mol. The Morgan fingerprint density at radius 2 is 2.42 bits per heavy atom. The van der Waals surface area contributed by atoms with Crippen LogP contribution in [0.3, 0.4) is 0 Å². The number of nitrogens with zero attached hydrogens (tertiary/aromatic N) is 4. The first kappa shape index (κ1) is 8.49.